The van der Waals surface area contributed by atoms with E-state index in [0.717, 1.165) is 12.0 Å². The lowest BCUT2D eigenvalue weighted by Gasteiger charge is -2.13. The third-order valence-corrected chi connectivity index (χ3v) is 5.58. The van der Waals surface area contributed by atoms with Crippen molar-refractivity contribution in [3.05, 3.63) is 59.7 Å². The van der Waals surface area contributed by atoms with Gasteiger partial charge in [0.05, 0.1) is 10.5 Å². The van der Waals surface area contributed by atoms with E-state index in [0.29, 0.717) is 24.6 Å². The van der Waals surface area contributed by atoms with Crippen molar-refractivity contribution < 1.29 is 18.3 Å². The number of anilines is 1. The molecule has 0 fully saturated rings. The molecule has 0 aliphatic heterocycles. The zero-order chi connectivity index (χ0) is 19.9. The number of carboxylic acid groups (broad SMARTS) is 1. The Kier molecular flexibility index (Phi) is 7.38. The molecule has 0 radical (unpaired) electrons. The molecule has 0 amide bonds. The van der Waals surface area contributed by atoms with E-state index in [2.05, 4.69) is 23.9 Å². The molecule has 0 atom stereocenters. The van der Waals surface area contributed by atoms with Gasteiger partial charge in [-0.2, -0.15) is 0 Å². The summed E-state index contributed by atoms with van der Waals surface area (Å²) >= 11 is 0. The highest BCUT2D eigenvalue weighted by Gasteiger charge is 2.18. The van der Waals surface area contributed by atoms with E-state index >= 15 is 0 Å². The lowest BCUT2D eigenvalue weighted by molar-refractivity contribution is 0.0697. The molecule has 27 heavy (non-hydrogen) atoms. The van der Waals surface area contributed by atoms with E-state index in [1.807, 2.05) is 30.3 Å². The maximum absolute atomic E-state index is 12.5. The van der Waals surface area contributed by atoms with E-state index in [4.69, 9.17) is 0 Å². The third kappa shape index (κ3) is 6.37. The van der Waals surface area contributed by atoms with Gasteiger partial charge in [0.15, 0.2) is 0 Å². The lowest BCUT2D eigenvalue weighted by Crippen LogP contribution is -2.26. The van der Waals surface area contributed by atoms with Gasteiger partial charge in [-0.25, -0.2) is 17.9 Å². The van der Waals surface area contributed by atoms with Crippen LogP contribution in [0.25, 0.3) is 0 Å². The SMILES string of the molecule is CC(C)CCNc1ccc(S(=O)(=O)NCCc2ccccc2)cc1C(=O)O. The van der Waals surface area contributed by atoms with E-state index in [-0.39, 0.29) is 17.0 Å². The quantitative estimate of drug-likeness (QED) is 0.578. The maximum atomic E-state index is 12.5. The second kappa shape index (κ2) is 9.53. The van der Waals surface area contributed by atoms with Crippen molar-refractivity contribution in [3.8, 4) is 0 Å². The molecular formula is C20H26N2O4S. The Morgan fingerprint density at radius 3 is 2.41 bits per heavy atom. The molecule has 0 aliphatic rings. The summed E-state index contributed by atoms with van der Waals surface area (Å²) in [5.74, 6) is -0.678. The van der Waals surface area contributed by atoms with Crippen molar-refractivity contribution in [1.82, 2.24) is 4.72 Å². The molecule has 0 saturated heterocycles. The van der Waals surface area contributed by atoms with Crippen LogP contribution in [-0.4, -0.2) is 32.6 Å². The van der Waals surface area contributed by atoms with Crippen molar-refractivity contribution in [2.24, 2.45) is 5.92 Å². The van der Waals surface area contributed by atoms with Gasteiger partial charge in [0.2, 0.25) is 10.0 Å². The van der Waals surface area contributed by atoms with Crippen LogP contribution in [0.15, 0.2) is 53.4 Å². The molecule has 146 valence electrons. The maximum Gasteiger partial charge on any atom is 0.337 e. The van der Waals surface area contributed by atoms with Crippen LogP contribution in [0.1, 0.15) is 36.2 Å². The van der Waals surface area contributed by atoms with Crippen LogP contribution in [0.4, 0.5) is 5.69 Å². The molecule has 3 N–H and O–H groups in total. The molecule has 7 heteroatoms. The van der Waals surface area contributed by atoms with Crippen LogP contribution in [0.3, 0.4) is 0 Å². The van der Waals surface area contributed by atoms with Gasteiger partial charge >= 0.3 is 5.97 Å². The van der Waals surface area contributed by atoms with Crippen molar-refractivity contribution >= 4 is 21.7 Å². The second-order valence-corrected chi connectivity index (χ2v) is 8.52. The van der Waals surface area contributed by atoms with Crippen molar-refractivity contribution in [1.29, 1.82) is 0 Å². The largest absolute Gasteiger partial charge is 0.478 e. The Hall–Kier alpha value is -2.38. The smallest absolute Gasteiger partial charge is 0.337 e. The van der Waals surface area contributed by atoms with E-state index < -0.39 is 16.0 Å². The average Bonchev–Trinajstić information content (AvgIpc) is 2.62. The van der Waals surface area contributed by atoms with Crippen LogP contribution in [0, 0.1) is 5.92 Å². The number of hydrogen-bond acceptors (Lipinski definition) is 4. The Bertz CT molecular complexity index is 865. The molecule has 0 saturated carbocycles. The van der Waals surface area contributed by atoms with Gasteiger partial charge < -0.3 is 10.4 Å². The fraction of sp³-hybridized carbons (Fsp3) is 0.350. The number of carbonyl (C=O) groups is 1. The first-order valence-electron chi connectivity index (χ1n) is 8.94. The van der Waals surface area contributed by atoms with Gasteiger partial charge in [-0.3, -0.25) is 0 Å². The van der Waals surface area contributed by atoms with E-state index in [1.165, 1.54) is 18.2 Å². The standard InChI is InChI=1S/C20H26N2O4S/c1-15(2)10-12-21-19-9-8-17(14-18(19)20(23)24)27(25,26)22-13-11-16-6-4-3-5-7-16/h3-9,14-15,21-22H,10-13H2,1-2H3,(H,23,24). The first kappa shape index (κ1) is 20.9. The highest BCUT2D eigenvalue weighted by Crippen LogP contribution is 2.21. The van der Waals surface area contributed by atoms with Gasteiger partial charge in [0.25, 0.3) is 0 Å². The molecule has 0 aromatic heterocycles. The van der Waals surface area contributed by atoms with Gasteiger partial charge in [0, 0.05) is 18.8 Å². The molecular weight excluding hydrogens is 364 g/mol. The van der Waals surface area contributed by atoms with Crippen molar-refractivity contribution in [2.45, 2.75) is 31.6 Å². The number of rotatable bonds is 10. The molecule has 0 heterocycles. The zero-order valence-corrected chi connectivity index (χ0v) is 16.4. The number of nitrogens with one attached hydrogen (secondary N) is 2. The molecule has 6 nitrogen and oxygen atoms in total. The molecule has 0 bridgehead atoms. The van der Waals surface area contributed by atoms with Crippen molar-refractivity contribution in [3.63, 3.8) is 0 Å². The molecule has 2 rings (SSSR count). The van der Waals surface area contributed by atoms with E-state index in [9.17, 15) is 18.3 Å². The number of carboxylic acids is 1. The number of sulfonamides is 1. The average molecular weight is 391 g/mol. The Morgan fingerprint density at radius 1 is 1.07 bits per heavy atom. The minimum atomic E-state index is -3.78. The third-order valence-electron chi connectivity index (χ3n) is 4.12. The predicted molar refractivity (Wildman–Crippen MR) is 107 cm³/mol. The first-order valence-corrected chi connectivity index (χ1v) is 10.4. The Labute approximate surface area is 160 Å². The molecule has 2 aromatic rings. The molecule has 0 unspecified atom stereocenters. The lowest BCUT2D eigenvalue weighted by atomic mass is 10.1. The fourth-order valence-corrected chi connectivity index (χ4v) is 3.63. The van der Waals surface area contributed by atoms with Crippen LogP contribution in [0.2, 0.25) is 0 Å². The summed E-state index contributed by atoms with van der Waals surface area (Å²) in [6, 6.07) is 13.7. The monoisotopic (exact) mass is 390 g/mol. The van der Waals surface area contributed by atoms with Crippen LogP contribution < -0.4 is 10.0 Å². The molecule has 2 aromatic carbocycles. The highest BCUT2D eigenvalue weighted by atomic mass is 32.2. The summed E-state index contributed by atoms with van der Waals surface area (Å²) in [7, 11) is -3.78. The summed E-state index contributed by atoms with van der Waals surface area (Å²) < 4.78 is 27.5. The topological polar surface area (TPSA) is 95.5 Å². The summed E-state index contributed by atoms with van der Waals surface area (Å²) in [5, 5.41) is 12.5. The van der Waals surface area contributed by atoms with Gasteiger partial charge in [-0.15, -0.1) is 0 Å². The van der Waals surface area contributed by atoms with Gasteiger partial charge in [-0.1, -0.05) is 44.2 Å². The minimum Gasteiger partial charge on any atom is -0.478 e. The number of hydrogen-bond donors (Lipinski definition) is 3. The zero-order valence-electron chi connectivity index (χ0n) is 15.6. The molecule has 0 spiro atoms. The number of aromatic carboxylic acids is 1. The van der Waals surface area contributed by atoms with Crippen LogP contribution in [0.5, 0.6) is 0 Å². The summed E-state index contributed by atoms with van der Waals surface area (Å²) in [6.45, 7) is 5.02. The minimum absolute atomic E-state index is 0.0512. The number of benzene rings is 2. The summed E-state index contributed by atoms with van der Waals surface area (Å²) in [5.41, 5.74) is 1.40. The highest BCUT2D eigenvalue weighted by molar-refractivity contribution is 7.89. The van der Waals surface area contributed by atoms with Crippen LogP contribution in [-0.2, 0) is 16.4 Å². The van der Waals surface area contributed by atoms with Crippen LogP contribution >= 0.6 is 0 Å². The van der Waals surface area contributed by atoms with Gasteiger partial charge in [-0.05, 0) is 42.5 Å². The second-order valence-electron chi connectivity index (χ2n) is 6.76. The van der Waals surface area contributed by atoms with E-state index in [1.54, 1.807) is 0 Å². The molecule has 0 aliphatic carbocycles. The summed E-state index contributed by atoms with van der Waals surface area (Å²) in [6.07, 6.45) is 1.45. The predicted octanol–water partition coefficient (Wildman–Crippen LogP) is 3.36. The normalized spacial score (nSPS) is 11.5. The van der Waals surface area contributed by atoms with Gasteiger partial charge in [0.1, 0.15) is 0 Å². The first-order chi connectivity index (χ1) is 12.8. The summed E-state index contributed by atoms with van der Waals surface area (Å²) in [4.78, 5) is 11.5. The van der Waals surface area contributed by atoms with Crippen molar-refractivity contribution in [2.75, 3.05) is 18.4 Å². The fourth-order valence-electron chi connectivity index (χ4n) is 2.57. The Balaban J connectivity index is 2.09. The Morgan fingerprint density at radius 2 is 1.78 bits per heavy atom.